The van der Waals surface area contributed by atoms with Gasteiger partial charge in [-0.3, -0.25) is 0 Å². The van der Waals surface area contributed by atoms with Gasteiger partial charge >= 0.3 is 0 Å². The lowest BCUT2D eigenvalue weighted by molar-refractivity contribution is 0.548. The fourth-order valence-electron chi connectivity index (χ4n) is 0.815. The van der Waals surface area contributed by atoms with Gasteiger partial charge in [0, 0.05) is 18.8 Å². The summed E-state index contributed by atoms with van der Waals surface area (Å²) < 4.78 is 2.33. The molecule has 0 spiro atoms. The van der Waals surface area contributed by atoms with E-state index in [9.17, 15) is 0 Å². The summed E-state index contributed by atoms with van der Waals surface area (Å²) >= 11 is 3.61. The average Bonchev–Trinajstić information content (AvgIpc) is 1.96. The molecule has 86 valence electrons. The largest absolute Gasteiger partial charge is 0.412 e. The molecule has 0 radical (unpaired) electrons. The summed E-state index contributed by atoms with van der Waals surface area (Å²) in [4.78, 5) is 1.23. The number of rotatable bonds is 1. The Morgan fingerprint density at radius 1 is 1.50 bits per heavy atom. The van der Waals surface area contributed by atoms with E-state index in [4.69, 9.17) is 0 Å². The van der Waals surface area contributed by atoms with Gasteiger partial charge in [0.2, 0.25) is 0 Å². The van der Waals surface area contributed by atoms with Crippen molar-refractivity contribution in [2.45, 2.75) is 14.4 Å². The summed E-state index contributed by atoms with van der Waals surface area (Å²) in [6, 6.07) is 0. The predicted molar refractivity (Wildman–Crippen MR) is 69.5 cm³/mol. The lowest BCUT2D eigenvalue weighted by atomic mass is 10.6. The molecule has 0 amide bonds. The molecular weight excluding hydrogens is 218 g/mol. The first-order chi connectivity index (χ1) is 5.33. The van der Waals surface area contributed by atoms with Crippen LogP contribution < -0.4 is 0 Å². The van der Waals surface area contributed by atoms with Gasteiger partial charge in [-0.1, -0.05) is 39.0 Å². The number of hydrogen-bond donors (Lipinski definition) is 0. The Bertz CT molecular complexity index is 174. The molecule has 14 heavy (non-hydrogen) atoms. The topological polar surface area (TPSA) is 66.2 Å². The van der Waals surface area contributed by atoms with Crippen molar-refractivity contribution in [3.8, 4) is 0 Å². The van der Waals surface area contributed by atoms with Crippen molar-refractivity contribution in [3.63, 3.8) is 0 Å². The van der Waals surface area contributed by atoms with E-state index in [0.29, 0.717) is 0 Å². The zero-order valence-electron chi connectivity index (χ0n) is 7.75. The van der Waals surface area contributed by atoms with Gasteiger partial charge in [0.15, 0.2) is 0 Å². The second kappa shape index (κ2) is 11.1. The lowest BCUT2D eigenvalue weighted by Crippen LogP contribution is -2.17. The van der Waals surface area contributed by atoms with Crippen LogP contribution in [0, 0.1) is 0 Å². The van der Waals surface area contributed by atoms with E-state index < -0.39 is 0 Å². The minimum Gasteiger partial charge on any atom is -0.412 e. The van der Waals surface area contributed by atoms with Crippen LogP contribution in [0.25, 0.3) is 0 Å². The zero-order chi connectivity index (χ0) is 8.10. The van der Waals surface area contributed by atoms with Crippen molar-refractivity contribution < 1.29 is 11.0 Å². The van der Waals surface area contributed by atoms with Crippen LogP contribution in [0.15, 0.2) is 23.0 Å². The molecule has 0 aromatic heterocycles. The normalized spacial score (nSPS) is 19.1. The summed E-state index contributed by atoms with van der Waals surface area (Å²) in [6.45, 7) is 8.25. The van der Waals surface area contributed by atoms with Crippen LogP contribution in [-0.4, -0.2) is 34.1 Å². The summed E-state index contributed by atoms with van der Waals surface area (Å²) in [5, 5.41) is 2.13. The molecule has 0 aromatic rings. The van der Waals surface area contributed by atoms with Crippen molar-refractivity contribution in [3.05, 3.63) is 23.0 Å². The van der Waals surface area contributed by atoms with Gasteiger partial charge in [0.1, 0.15) is 0 Å². The average molecular weight is 239 g/mol. The van der Waals surface area contributed by atoms with E-state index in [1.54, 1.807) is 11.8 Å². The van der Waals surface area contributed by atoms with Crippen LogP contribution in [0.2, 0.25) is 0 Å². The molecular formula is C9H21NO2S2. The Hall–Kier alpha value is 0.0600. The third-order valence-corrected chi connectivity index (χ3v) is 3.27. The Labute approximate surface area is 95.4 Å². The predicted octanol–water partition coefficient (Wildman–Crippen LogP) is 1.72. The third kappa shape index (κ3) is 7.46. The van der Waals surface area contributed by atoms with E-state index in [2.05, 4.69) is 29.3 Å². The fraction of sp³-hybridized carbons (Fsp3) is 0.556. The minimum atomic E-state index is 0. The first-order valence-electron chi connectivity index (χ1n) is 3.70. The molecule has 0 saturated heterocycles. The quantitative estimate of drug-likeness (QED) is 0.654. The minimum absolute atomic E-state index is 0. The maximum absolute atomic E-state index is 3.97. The van der Waals surface area contributed by atoms with Gasteiger partial charge in [-0.2, -0.15) is 0 Å². The van der Waals surface area contributed by atoms with Gasteiger partial charge in [0.25, 0.3) is 0 Å². The van der Waals surface area contributed by atoms with Gasteiger partial charge in [-0.25, -0.2) is 4.31 Å². The third-order valence-electron chi connectivity index (χ3n) is 1.39. The van der Waals surface area contributed by atoms with Crippen molar-refractivity contribution in [1.82, 2.24) is 4.31 Å². The Morgan fingerprint density at radius 2 is 2.14 bits per heavy atom. The SMILES string of the molecule is C.C=C1CN(CC)SC/C=C\S1.O.O. The Balaban J connectivity index is -0.000000403. The van der Waals surface area contributed by atoms with Gasteiger partial charge < -0.3 is 11.0 Å². The van der Waals surface area contributed by atoms with Gasteiger partial charge in [-0.05, 0) is 10.3 Å². The van der Waals surface area contributed by atoms with Crippen molar-refractivity contribution in [2.24, 2.45) is 0 Å². The first-order valence-corrected chi connectivity index (χ1v) is 5.52. The summed E-state index contributed by atoms with van der Waals surface area (Å²) in [6.07, 6.45) is 2.18. The molecule has 0 aliphatic carbocycles. The summed E-state index contributed by atoms with van der Waals surface area (Å²) in [7, 11) is 0. The monoisotopic (exact) mass is 239 g/mol. The maximum atomic E-state index is 3.97. The smallest absolute Gasteiger partial charge is 0.0397 e. The van der Waals surface area contributed by atoms with Crippen LogP contribution in [0.1, 0.15) is 14.4 Å². The van der Waals surface area contributed by atoms with Gasteiger partial charge in [0.05, 0.1) is 0 Å². The van der Waals surface area contributed by atoms with Crippen LogP contribution >= 0.6 is 23.7 Å². The van der Waals surface area contributed by atoms with Crippen molar-refractivity contribution in [1.29, 1.82) is 0 Å². The van der Waals surface area contributed by atoms with E-state index >= 15 is 0 Å². The van der Waals surface area contributed by atoms with E-state index in [0.717, 1.165) is 18.8 Å². The number of nitrogens with zero attached hydrogens (tertiary/aromatic N) is 1. The van der Waals surface area contributed by atoms with Crippen molar-refractivity contribution >= 4 is 23.7 Å². The molecule has 3 nitrogen and oxygen atoms in total. The Morgan fingerprint density at radius 3 is 2.71 bits per heavy atom. The van der Waals surface area contributed by atoms with Crippen molar-refractivity contribution in [2.75, 3.05) is 18.8 Å². The highest BCUT2D eigenvalue weighted by molar-refractivity contribution is 8.06. The highest BCUT2D eigenvalue weighted by Gasteiger charge is 2.05. The second-order valence-electron chi connectivity index (χ2n) is 2.28. The van der Waals surface area contributed by atoms with E-state index in [-0.39, 0.29) is 18.4 Å². The van der Waals surface area contributed by atoms with Gasteiger partial charge in [-0.15, -0.1) is 11.8 Å². The first kappa shape index (κ1) is 19.6. The molecule has 0 saturated carbocycles. The van der Waals surface area contributed by atoms with E-state index in [1.165, 1.54) is 4.91 Å². The fourth-order valence-corrected chi connectivity index (χ4v) is 2.46. The number of hydrogen-bond acceptors (Lipinski definition) is 3. The summed E-state index contributed by atoms with van der Waals surface area (Å²) in [5.74, 6) is 1.09. The Kier molecular flexibility index (Phi) is 15.6. The second-order valence-corrected chi connectivity index (χ2v) is 4.47. The molecule has 1 aliphatic heterocycles. The molecule has 0 unspecified atom stereocenters. The molecule has 0 bridgehead atoms. The molecule has 5 heteroatoms. The molecule has 1 rings (SSSR count). The molecule has 0 aromatic carbocycles. The maximum Gasteiger partial charge on any atom is 0.0397 e. The molecule has 1 heterocycles. The highest BCUT2D eigenvalue weighted by atomic mass is 32.2. The zero-order valence-corrected chi connectivity index (χ0v) is 9.38. The number of likely N-dealkylation sites (N-methyl/N-ethyl adjacent to an activating group) is 1. The molecule has 4 N–H and O–H groups in total. The summed E-state index contributed by atoms with van der Waals surface area (Å²) in [5.41, 5.74) is 0. The molecule has 1 aliphatic rings. The van der Waals surface area contributed by atoms with Crippen LogP contribution in [0.5, 0.6) is 0 Å². The molecule has 0 atom stereocenters. The number of thioether (sulfide) groups is 1. The van der Waals surface area contributed by atoms with Crippen LogP contribution in [-0.2, 0) is 0 Å². The highest BCUT2D eigenvalue weighted by Crippen LogP contribution is 2.23. The standard InChI is InChI=1S/C8H13NS2.CH4.2H2O/c1-3-9-7-8(2)10-5-4-6-11-9;;;/h4-5H,2-3,6-7H2,1H3;1H4;2*1H2/b5-4-;;;. The lowest BCUT2D eigenvalue weighted by Gasteiger charge is -2.20. The molecule has 0 fully saturated rings. The van der Waals surface area contributed by atoms with Crippen LogP contribution in [0.4, 0.5) is 0 Å². The van der Waals surface area contributed by atoms with Crippen LogP contribution in [0.3, 0.4) is 0 Å². The van der Waals surface area contributed by atoms with E-state index in [1.807, 2.05) is 11.9 Å².